The molecule has 0 saturated heterocycles. The molecule has 20 heavy (non-hydrogen) atoms. The molecule has 0 spiro atoms. The molecule has 1 aromatic rings. The highest BCUT2D eigenvalue weighted by Crippen LogP contribution is 2.23. The van der Waals surface area contributed by atoms with Gasteiger partial charge < -0.3 is 14.6 Å². The lowest BCUT2D eigenvalue weighted by molar-refractivity contribution is -0.134. The van der Waals surface area contributed by atoms with Crippen LogP contribution in [0.15, 0.2) is 11.4 Å². The van der Waals surface area contributed by atoms with E-state index in [0.29, 0.717) is 18.2 Å². The molecule has 1 unspecified atom stereocenters. The Kier molecular flexibility index (Phi) is 6.06. The van der Waals surface area contributed by atoms with E-state index in [4.69, 9.17) is 5.11 Å². The van der Waals surface area contributed by atoms with Gasteiger partial charge in [0.2, 0.25) is 5.91 Å². The molecule has 1 heterocycles. The summed E-state index contributed by atoms with van der Waals surface area (Å²) in [6.07, 6.45) is 1.79. The number of carboxylic acid groups (broad SMARTS) is 1. The monoisotopic (exact) mass is 299 g/mol. The van der Waals surface area contributed by atoms with Gasteiger partial charge in [0.25, 0.3) is 0 Å². The number of aryl methyl sites for hydroxylation is 1. The van der Waals surface area contributed by atoms with E-state index in [1.54, 1.807) is 15.7 Å². The molecule has 112 valence electrons. The van der Waals surface area contributed by atoms with Crippen molar-refractivity contribution in [1.29, 1.82) is 0 Å². The first-order valence-corrected chi connectivity index (χ1v) is 7.58. The highest BCUT2D eigenvalue weighted by molar-refractivity contribution is 7.99. The average Bonchev–Trinajstić information content (AvgIpc) is 2.78. The van der Waals surface area contributed by atoms with Gasteiger partial charge in [0.1, 0.15) is 6.04 Å². The van der Waals surface area contributed by atoms with Crippen molar-refractivity contribution < 1.29 is 14.7 Å². The standard InChI is InChI=1S/C13H21N3O3S/c1-5-15(6-2)12(19)10(4)16-7-9(3)14-13(16)20-8-11(17)18/h7,10H,5-6,8H2,1-4H3,(H,17,18). The van der Waals surface area contributed by atoms with E-state index < -0.39 is 5.97 Å². The summed E-state index contributed by atoms with van der Waals surface area (Å²) in [7, 11) is 0. The smallest absolute Gasteiger partial charge is 0.313 e. The minimum atomic E-state index is -0.898. The molecule has 1 aromatic heterocycles. The summed E-state index contributed by atoms with van der Waals surface area (Å²) in [6, 6.07) is -0.382. The molecule has 7 heteroatoms. The number of likely N-dealkylation sites (N-methyl/N-ethyl adjacent to an activating group) is 1. The molecule has 0 aromatic carbocycles. The highest BCUT2D eigenvalue weighted by Gasteiger charge is 2.23. The van der Waals surface area contributed by atoms with E-state index in [1.165, 1.54) is 0 Å². The van der Waals surface area contributed by atoms with E-state index in [1.807, 2.05) is 27.7 Å². The number of hydrogen-bond acceptors (Lipinski definition) is 4. The number of thioether (sulfide) groups is 1. The second-order valence-corrected chi connectivity index (χ2v) is 5.38. The van der Waals surface area contributed by atoms with Crippen molar-refractivity contribution in [2.45, 2.75) is 38.9 Å². The van der Waals surface area contributed by atoms with Gasteiger partial charge in [0, 0.05) is 19.3 Å². The van der Waals surface area contributed by atoms with Gasteiger partial charge in [-0.05, 0) is 27.7 Å². The first-order chi connectivity index (χ1) is 9.40. The Morgan fingerprint density at radius 1 is 1.45 bits per heavy atom. The molecular formula is C13H21N3O3S. The van der Waals surface area contributed by atoms with Crippen molar-refractivity contribution in [1.82, 2.24) is 14.5 Å². The fraction of sp³-hybridized carbons (Fsp3) is 0.615. The molecule has 1 atom stereocenters. The fourth-order valence-electron chi connectivity index (χ4n) is 1.92. The van der Waals surface area contributed by atoms with E-state index in [9.17, 15) is 9.59 Å². The number of amides is 1. The van der Waals surface area contributed by atoms with E-state index in [0.717, 1.165) is 17.5 Å². The summed E-state index contributed by atoms with van der Waals surface area (Å²) in [4.78, 5) is 29.1. The molecule has 0 bridgehead atoms. The van der Waals surface area contributed by atoms with Crippen LogP contribution in [0.2, 0.25) is 0 Å². The Bertz CT molecular complexity index is 483. The SMILES string of the molecule is CCN(CC)C(=O)C(C)n1cc(C)nc1SCC(=O)O. The van der Waals surface area contributed by atoms with Crippen LogP contribution < -0.4 is 0 Å². The maximum atomic E-state index is 12.4. The average molecular weight is 299 g/mol. The van der Waals surface area contributed by atoms with Crippen LogP contribution in [0.1, 0.15) is 32.5 Å². The maximum Gasteiger partial charge on any atom is 0.313 e. The van der Waals surface area contributed by atoms with Crippen LogP contribution in [-0.2, 0) is 9.59 Å². The highest BCUT2D eigenvalue weighted by atomic mass is 32.2. The van der Waals surface area contributed by atoms with Crippen molar-refractivity contribution in [3.63, 3.8) is 0 Å². The summed E-state index contributed by atoms with van der Waals surface area (Å²) in [5.41, 5.74) is 0.775. The maximum absolute atomic E-state index is 12.4. The number of aromatic nitrogens is 2. The molecule has 1 rings (SSSR count). The lowest BCUT2D eigenvalue weighted by Gasteiger charge is -2.24. The third kappa shape index (κ3) is 4.00. The number of carboxylic acids is 1. The predicted molar refractivity (Wildman–Crippen MR) is 78.0 cm³/mol. The fourth-order valence-corrected chi connectivity index (χ4v) is 2.74. The predicted octanol–water partition coefficient (Wildman–Crippen LogP) is 1.80. The molecule has 0 saturated carbocycles. The van der Waals surface area contributed by atoms with E-state index in [2.05, 4.69) is 4.98 Å². The Balaban J connectivity index is 2.94. The van der Waals surface area contributed by atoms with Crippen molar-refractivity contribution in [2.24, 2.45) is 0 Å². The van der Waals surface area contributed by atoms with Crippen LogP contribution in [0, 0.1) is 6.92 Å². The minimum Gasteiger partial charge on any atom is -0.481 e. The zero-order valence-electron chi connectivity index (χ0n) is 12.3. The van der Waals surface area contributed by atoms with E-state index in [-0.39, 0.29) is 17.7 Å². The normalized spacial score (nSPS) is 12.2. The number of nitrogens with zero attached hydrogens (tertiary/aromatic N) is 3. The summed E-state index contributed by atoms with van der Waals surface area (Å²) < 4.78 is 1.75. The van der Waals surface area contributed by atoms with Gasteiger partial charge in [-0.1, -0.05) is 11.8 Å². The second kappa shape index (κ2) is 7.33. The molecule has 0 fully saturated rings. The lowest BCUT2D eigenvalue weighted by atomic mass is 10.3. The van der Waals surface area contributed by atoms with Crippen LogP contribution in [0.5, 0.6) is 0 Å². The number of imidazole rings is 1. The van der Waals surface area contributed by atoms with Crippen molar-refractivity contribution >= 4 is 23.6 Å². The largest absolute Gasteiger partial charge is 0.481 e. The van der Waals surface area contributed by atoms with Gasteiger partial charge in [-0.25, -0.2) is 4.98 Å². The number of carbonyl (C=O) groups is 2. The molecular weight excluding hydrogens is 278 g/mol. The third-order valence-corrected chi connectivity index (χ3v) is 3.94. The summed E-state index contributed by atoms with van der Waals surface area (Å²) in [5, 5.41) is 9.32. The Hall–Kier alpha value is -1.50. The Labute approximate surface area is 123 Å². The molecule has 0 aliphatic carbocycles. The van der Waals surface area contributed by atoms with Crippen LogP contribution in [0.3, 0.4) is 0 Å². The molecule has 0 radical (unpaired) electrons. The topological polar surface area (TPSA) is 75.4 Å². The van der Waals surface area contributed by atoms with Crippen LogP contribution >= 0.6 is 11.8 Å². The number of rotatable bonds is 7. The molecule has 1 amide bonds. The van der Waals surface area contributed by atoms with Gasteiger partial charge >= 0.3 is 5.97 Å². The lowest BCUT2D eigenvalue weighted by Crippen LogP contribution is -2.36. The molecule has 0 aliphatic rings. The van der Waals surface area contributed by atoms with Crippen molar-refractivity contribution in [3.05, 3.63) is 11.9 Å². The first kappa shape index (κ1) is 16.6. The van der Waals surface area contributed by atoms with Crippen LogP contribution in [0.25, 0.3) is 0 Å². The minimum absolute atomic E-state index is 0.0181. The van der Waals surface area contributed by atoms with Crippen LogP contribution in [-0.4, -0.2) is 50.3 Å². The van der Waals surface area contributed by atoms with Gasteiger partial charge in [-0.3, -0.25) is 9.59 Å². The molecule has 6 nitrogen and oxygen atoms in total. The number of carbonyl (C=O) groups excluding carboxylic acids is 1. The van der Waals surface area contributed by atoms with Crippen molar-refractivity contribution in [2.75, 3.05) is 18.8 Å². The third-order valence-electron chi connectivity index (χ3n) is 2.99. The first-order valence-electron chi connectivity index (χ1n) is 6.59. The Morgan fingerprint density at radius 2 is 2.05 bits per heavy atom. The molecule has 0 aliphatic heterocycles. The van der Waals surface area contributed by atoms with Gasteiger partial charge in [0.15, 0.2) is 5.16 Å². The van der Waals surface area contributed by atoms with Crippen molar-refractivity contribution in [3.8, 4) is 0 Å². The quantitative estimate of drug-likeness (QED) is 0.777. The van der Waals surface area contributed by atoms with Gasteiger partial charge in [0.05, 0.1) is 11.4 Å². The van der Waals surface area contributed by atoms with Gasteiger partial charge in [-0.2, -0.15) is 0 Å². The zero-order valence-corrected chi connectivity index (χ0v) is 13.1. The number of hydrogen-bond donors (Lipinski definition) is 1. The second-order valence-electron chi connectivity index (χ2n) is 4.44. The van der Waals surface area contributed by atoms with Gasteiger partial charge in [-0.15, -0.1) is 0 Å². The zero-order chi connectivity index (χ0) is 15.3. The summed E-state index contributed by atoms with van der Waals surface area (Å²) in [5.74, 6) is -0.947. The molecule has 1 N–H and O–H groups in total. The van der Waals surface area contributed by atoms with Crippen LogP contribution in [0.4, 0.5) is 0 Å². The summed E-state index contributed by atoms with van der Waals surface area (Å²) in [6.45, 7) is 8.83. The summed E-state index contributed by atoms with van der Waals surface area (Å²) >= 11 is 1.13. The van der Waals surface area contributed by atoms with E-state index >= 15 is 0 Å². The Morgan fingerprint density at radius 3 is 2.55 bits per heavy atom. The number of aliphatic carboxylic acids is 1.